The van der Waals surface area contributed by atoms with Crippen LogP contribution in [0, 0.1) is 23.7 Å². The third kappa shape index (κ3) is 65.4. The molecule has 546 valence electrons. The van der Waals surface area contributed by atoms with E-state index in [1.165, 1.54) is 154 Å². The summed E-state index contributed by atoms with van der Waals surface area (Å²) in [6, 6.07) is 0. The Morgan fingerprint density at radius 3 is 0.772 bits per heavy atom. The average Bonchev–Trinajstić information content (AvgIpc) is 2.82. The first kappa shape index (κ1) is 90.1. The van der Waals surface area contributed by atoms with Gasteiger partial charge in [-0.2, -0.15) is 0 Å². The van der Waals surface area contributed by atoms with E-state index in [0.29, 0.717) is 37.5 Å². The van der Waals surface area contributed by atoms with E-state index in [-0.39, 0.29) is 25.7 Å². The Morgan fingerprint density at radius 1 is 0.304 bits per heavy atom. The molecule has 0 fully saturated rings. The summed E-state index contributed by atoms with van der Waals surface area (Å²) in [6.45, 7) is 14.1. The van der Waals surface area contributed by atoms with Gasteiger partial charge in [-0.15, -0.1) is 0 Å². The Bertz CT molecular complexity index is 1820. The smallest absolute Gasteiger partial charge is 0.462 e. The van der Waals surface area contributed by atoms with Crippen molar-refractivity contribution in [1.29, 1.82) is 0 Å². The van der Waals surface area contributed by atoms with Crippen molar-refractivity contribution in [2.45, 2.75) is 382 Å². The molecule has 0 aliphatic carbocycles. The van der Waals surface area contributed by atoms with Crippen LogP contribution in [0.3, 0.4) is 0 Å². The summed E-state index contributed by atoms with van der Waals surface area (Å²) in [5.41, 5.74) is 0. The van der Waals surface area contributed by atoms with E-state index in [2.05, 4.69) is 55.4 Å². The van der Waals surface area contributed by atoms with Gasteiger partial charge in [-0.05, 0) is 49.4 Å². The minimum Gasteiger partial charge on any atom is -0.462 e. The number of esters is 4. The predicted octanol–water partition coefficient (Wildman–Crippen LogP) is 20.9. The minimum absolute atomic E-state index is 0.105. The zero-order valence-electron chi connectivity index (χ0n) is 60.2. The topological polar surface area (TPSA) is 237 Å². The van der Waals surface area contributed by atoms with E-state index < -0.39 is 97.5 Å². The molecule has 0 aromatic heterocycles. The van der Waals surface area contributed by atoms with Crippen LogP contribution in [0.4, 0.5) is 0 Å². The molecule has 0 radical (unpaired) electrons. The second kappa shape index (κ2) is 62.6. The third-order valence-corrected chi connectivity index (χ3v) is 19.1. The molecule has 0 spiro atoms. The molecule has 0 saturated heterocycles. The van der Waals surface area contributed by atoms with E-state index in [4.69, 9.17) is 37.0 Å². The lowest BCUT2D eigenvalue weighted by Crippen LogP contribution is -2.30. The third-order valence-electron chi connectivity index (χ3n) is 17.2. The van der Waals surface area contributed by atoms with E-state index in [1.54, 1.807) is 0 Å². The Balaban J connectivity index is 5.22. The molecule has 92 heavy (non-hydrogen) atoms. The number of carbonyl (C=O) groups excluding carboxylic acids is 4. The van der Waals surface area contributed by atoms with Crippen LogP contribution in [0.25, 0.3) is 0 Å². The van der Waals surface area contributed by atoms with Crippen LogP contribution in [-0.2, 0) is 65.4 Å². The molecular formula is C73H142O17P2. The van der Waals surface area contributed by atoms with Crippen LogP contribution in [0.2, 0.25) is 0 Å². The molecule has 4 unspecified atom stereocenters. The molecule has 0 aromatic carbocycles. The first-order valence-corrected chi connectivity index (χ1v) is 40.7. The highest BCUT2D eigenvalue weighted by atomic mass is 31.2. The molecule has 3 N–H and O–H groups in total. The second-order valence-electron chi connectivity index (χ2n) is 28.0. The fraction of sp³-hybridized carbons (Fsp3) is 0.945. The largest absolute Gasteiger partial charge is 0.472 e. The highest BCUT2D eigenvalue weighted by Gasteiger charge is 2.30. The SMILES string of the molecule is CCC(C)CCCCCCCCCCCCC(=O)O[C@H](COC(=O)CCCCCCCCCC(C)C)COP(=O)(O)OCC(O)COP(=O)(O)OC[C@@H](COC(=O)CCCCCCCCCC(C)C)OC(=O)CCCCCCCCCCCCCCCCCC(C)C. The lowest BCUT2D eigenvalue weighted by molar-refractivity contribution is -0.161. The van der Waals surface area contributed by atoms with Gasteiger partial charge in [0.2, 0.25) is 0 Å². The molecule has 0 heterocycles. The lowest BCUT2D eigenvalue weighted by atomic mass is 9.99. The summed E-state index contributed by atoms with van der Waals surface area (Å²) in [4.78, 5) is 72.6. The maximum absolute atomic E-state index is 13.0. The number of phosphoric acid groups is 2. The Kier molecular flexibility index (Phi) is 61.3. The van der Waals surface area contributed by atoms with Crippen molar-refractivity contribution < 1.29 is 80.2 Å². The lowest BCUT2D eigenvalue weighted by Gasteiger charge is -2.21. The van der Waals surface area contributed by atoms with Crippen LogP contribution in [0.15, 0.2) is 0 Å². The van der Waals surface area contributed by atoms with Gasteiger partial charge in [0, 0.05) is 25.7 Å². The van der Waals surface area contributed by atoms with Crippen LogP contribution in [-0.4, -0.2) is 96.7 Å². The molecular weight excluding hydrogens is 1210 g/mol. The zero-order chi connectivity index (χ0) is 68.2. The van der Waals surface area contributed by atoms with Gasteiger partial charge in [0.25, 0.3) is 0 Å². The summed E-state index contributed by atoms with van der Waals surface area (Å²) in [5, 5.41) is 10.6. The van der Waals surface area contributed by atoms with Crippen LogP contribution in [0.1, 0.15) is 364 Å². The summed E-state index contributed by atoms with van der Waals surface area (Å²) >= 11 is 0. The number of ether oxygens (including phenoxy) is 4. The maximum atomic E-state index is 13.0. The van der Waals surface area contributed by atoms with Gasteiger partial charge in [-0.1, -0.05) is 312 Å². The Labute approximate surface area is 562 Å². The van der Waals surface area contributed by atoms with Gasteiger partial charge in [0.1, 0.15) is 19.3 Å². The van der Waals surface area contributed by atoms with Crippen molar-refractivity contribution in [2.75, 3.05) is 39.6 Å². The summed E-state index contributed by atoms with van der Waals surface area (Å²) in [6.07, 6.45) is 45.9. The number of aliphatic hydroxyl groups excluding tert-OH is 1. The Hall–Kier alpha value is -1.94. The van der Waals surface area contributed by atoms with Crippen molar-refractivity contribution >= 4 is 39.5 Å². The normalized spacial score (nSPS) is 14.5. The van der Waals surface area contributed by atoms with Gasteiger partial charge < -0.3 is 33.8 Å². The highest BCUT2D eigenvalue weighted by Crippen LogP contribution is 2.45. The maximum Gasteiger partial charge on any atom is 0.472 e. The molecule has 0 aliphatic heterocycles. The molecule has 6 atom stereocenters. The fourth-order valence-electron chi connectivity index (χ4n) is 11.0. The molecule has 0 rings (SSSR count). The number of rotatable bonds is 70. The molecule has 17 nitrogen and oxygen atoms in total. The molecule has 0 bridgehead atoms. The molecule has 0 amide bonds. The van der Waals surface area contributed by atoms with E-state index in [1.807, 2.05) is 0 Å². The predicted molar refractivity (Wildman–Crippen MR) is 372 cm³/mol. The van der Waals surface area contributed by atoms with E-state index in [9.17, 15) is 43.2 Å². The first-order chi connectivity index (χ1) is 44.1. The van der Waals surface area contributed by atoms with Crippen LogP contribution in [0.5, 0.6) is 0 Å². The number of hydrogen-bond acceptors (Lipinski definition) is 15. The molecule has 0 aromatic rings. The summed E-state index contributed by atoms with van der Waals surface area (Å²) < 4.78 is 68.4. The molecule has 0 saturated carbocycles. The standard InChI is InChI=1S/C73H142O17P2/c1-9-66(8)52-44-36-28-20-17-18-22-30-40-48-56-73(78)90-69(60-84-71(76)54-46-38-32-24-27-35-43-51-65(6)7)62-88-92(81,82)86-58-67(74)57-85-91(79,80)87-61-68(59-83-70(75)53-45-37-31-23-26-34-42-50-64(4)5)89-72(77)55-47-39-29-21-16-14-12-10-11-13-15-19-25-33-41-49-63(2)3/h63-69,74H,9-62H2,1-8H3,(H,79,80)(H,81,82)/t66?,67?,68-,69-/m1/s1. The van der Waals surface area contributed by atoms with Crippen molar-refractivity contribution in [2.24, 2.45) is 23.7 Å². The zero-order valence-corrected chi connectivity index (χ0v) is 62.0. The van der Waals surface area contributed by atoms with Gasteiger partial charge in [0.05, 0.1) is 26.4 Å². The first-order valence-electron chi connectivity index (χ1n) is 37.7. The summed E-state index contributed by atoms with van der Waals surface area (Å²) in [5.74, 6) is 0.889. The summed E-state index contributed by atoms with van der Waals surface area (Å²) in [7, 11) is -9.91. The van der Waals surface area contributed by atoms with Gasteiger partial charge >= 0.3 is 39.5 Å². The molecule has 19 heteroatoms. The van der Waals surface area contributed by atoms with Gasteiger partial charge in [0.15, 0.2) is 12.2 Å². The second-order valence-corrected chi connectivity index (χ2v) is 30.9. The number of hydrogen-bond donors (Lipinski definition) is 3. The van der Waals surface area contributed by atoms with Crippen molar-refractivity contribution in [3.8, 4) is 0 Å². The average molecular weight is 1350 g/mol. The highest BCUT2D eigenvalue weighted by molar-refractivity contribution is 7.47. The van der Waals surface area contributed by atoms with Crippen molar-refractivity contribution in [3.05, 3.63) is 0 Å². The number of carbonyl (C=O) groups is 4. The number of phosphoric ester groups is 2. The van der Waals surface area contributed by atoms with Crippen molar-refractivity contribution in [1.82, 2.24) is 0 Å². The van der Waals surface area contributed by atoms with E-state index in [0.717, 1.165) is 115 Å². The van der Waals surface area contributed by atoms with E-state index >= 15 is 0 Å². The van der Waals surface area contributed by atoms with Gasteiger partial charge in [-0.3, -0.25) is 37.3 Å². The number of aliphatic hydroxyl groups is 1. The quantitative estimate of drug-likeness (QED) is 0.0222. The van der Waals surface area contributed by atoms with Crippen molar-refractivity contribution in [3.63, 3.8) is 0 Å². The fourth-order valence-corrected chi connectivity index (χ4v) is 12.6. The minimum atomic E-state index is -4.95. The monoisotopic (exact) mass is 1350 g/mol. The Morgan fingerprint density at radius 2 is 0.522 bits per heavy atom. The van der Waals surface area contributed by atoms with Crippen LogP contribution >= 0.6 is 15.6 Å². The molecule has 0 aliphatic rings. The number of unbranched alkanes of at least 4 members (excludes halogenated alkanes) is 35. The van der Waals surface area contributed by atoms with Gasteiger partial charge in [-0.25, -0.2) is 9.13 Å². The van der Waals surface area contributed by atoms with Crippen LogP contribution < -0.4 is 0 Å².